The van der Waals surface area contributed by atoms with Gasteiger partial charge in [-0.2, -0.15) is 0 Å². The minimum absolute atomic E-state index is 0.342. The van der Waals surface area contributed by atoms with Crippen LogP contribution in [-0.4, -0.2) is 18.1 Å². The zero-order chi connectivity index (χ0) is 13.9. The normalized spacial score (nSPS) is 28.3. The Bertz CT molecular complexity index is 386. The summed E-state index contributed by atoms with van der Waals surface area (Å²) in [5.41, 5.74) is 1.75. The quantitative estimate of drug-likeness (QED) is 0.893. The molecular weight excluding hydrogens is 232 g/mol. The Morgan fingerprint density at radius 1 is 1.26 bits per heavy atom. The molecule has 0 amide bonds. The van der Waals surface area contributed by atoms with Crippen LogP contribution < -0.4 is 5.32 Å². The SMILES string of the molecule is CNC1CC(C)CCC1C(C)(C)Cc1ccncc1. The Kier molecular flexibility index (Phi) is 4.62. The first-order valence-electron chi connectivity index (χ1n) is 7.59. The van der Waals surface area contributed by atoms with Gasteiger partial charge in [-0.05, 0) is 61.3 Å². The zero-order valence-corrected chi connectivity index (χ0v) is 12.8. The van der Waals surface area contributed by atoms with E-state index in [4.69, 9.17) is 0 Å². The highest BCUT2D eigenvalue weighted by atomic mass is 14.9. The van der Waals surface area contributed by atoms with Crippen molar-refractivity contribution >= 4 is 0 Å². The van der Waals surface area contributed by atoms with Crippen molar-refractivity contribution in [2.75, 3.05) is 7.05 Å². The summed E-state index contributed by atoms with van der Waals surface area (Å²) in [6.07, 6.45) is 9.01. The van der Waals surface area contributed by atoms with Gasteiger partial charge in [-0.3, -0.25) is 4.98 Å². The summed E-state index contributed by atoms with van der Waals surface area (Å²) >= 11 is 0. The first-order valence-corrected chi connectivity index (χ1v) is 7.59. The lowest BCUT2D eigenvalue weighted by atomic mass is 9.64. The standard InChI is InChI=1S/C17H28N2/c1-13-5-6-15(16(11-13)18-4)17(2,3)12-14-7-9-19-10-8-14/h7-10,13,15-16,18H,5-6,11-12H2,1-4H3. The number of rotatable bonds is 4. The number of nitrogens with one attached hydrogen (secondary N) is 1. The summed E-state index contributed by atoms with van der Waals surface area (Å²) in [4.78, 5) is 4.12. The molecule has 1 heterocycles. The average Bonchev–Trinajstić information content (AvgIpc) is 2.38. The summed E-state index contributed by atoms with van der Waals surface area (Å²) < 4.78 is 0. The zero-order valence-electron chi connectivity index (χ0n) is 12.8. The highest BCUT2D eigenvalue weighted by Gasteiger charge is 2.38. The van der Waals surface area contributed by atoms with Crippen molar-refractivity contribution in [3.8, 4) is 0 Å². The van der Waals surface area contributed by atoms with E-state index in [1.807, 2.05) is 12.4 Å². The molecule has 1 aliphatic rings. The third-order valence-electron chi connectivity index (χ3n) is 4.90. The Hall–Kier alpha value is -0.890. The van der Waals surface area contributed by atoms with Gasteiger partial charge in [0, 0.05) is 18.4 Å². The Labute approximate surface area is 118 Å². The number of hydrogen-bond acceptors (Lipinski definition) is 2. The summed E-state index contributed by atoms with van der Waals surface area (Å²) in [7, 11) is 2.12. The largest absolute Gasteiger partial charge is 0.317 e. The molecule has 0 bridgehead atoms. The van der Waals surface area contributed by atoms with Crippen LogP contribution in [0.3, 0.4) is 0 Å². The van der Waals surface area contributed by atoms with Crippen LogP contribution in [0.5, 0.6) is 0 Å². The number of nitrogens with zero attached hydrogens (tertiary/aromatic N) is 1. The first-order chi connectivity index (χ1) is 9.03. The fraction of sp³-hybridized carbons (Fsp3) is 0.706. The van der Waals surface area contributed by atoms with Crippen LogP contribution in [0.2, 0.25) is 0 Å². The molecule has 1 N–H and O–H groups in total. The molecule has 2 rings (SSSR count). The molecule has 0 saturated heterocycles. The fourth-order valence-corrected chi connectivity index (χ4v) is 3.79. The maximum atomic E-state index is 4.12. The van der Waals surface area contributed by atoms with E-state index in [1.165, 1.54) is 24.8 Å². The second kappa shape index (κ2) is 6.04. The molecule has 0 spiro atoms. The number of hydrogen-bond donors (Lipinski definition) is 1. The molecule has 2 heteroatoms. The third kappa shape index (κ3) is 3.56. The van der Waals surface area contributed by atoms with E-state index in [0.29, 0.717) is 11.5 Å². The lowest BCUT2D eigenvalue weighted by Crippen LogP contribution is -2.46. The van der Waals surface area contributed by atoms with Crippen molar-refractivity contribution in [1.82, 2.24) is 10.3 Å². The molecule has 2 nitrogen and oxygen atoms in total. The molecule has 1 fully saturated rings. The van der Waals surface area contributed by atoms with Crippen LogP contribution in [0.25, 0.3) is 0 Å². The van der Waals surface area contributed by atoms with Gasteiger partial charge < -0.3 is 5.32 Å². The second-order valence-corrected chi connectivity index (χ2v) is 6.94. The maximum absolute atomic E-state index is 4.12. The van der Waals surface area contributed by atoms with Crippen molar-refractivity contribution < 1.29 is 0 Å². The lowest BCUT2D eigenvalue weighted by Gasteiger charge is -2.44. The van der Waals surface area contributed by atoms with E-state index < -0.39 is 0 Å². The molecule has 0 aromatic carbocycles. The monoisotopic (exact) mass is 260 g/mol. The average molecular weight is 260 g/mol. The van der Waals surface area contributed by atoms with Crippen molar-refractivity contribution in [3.63, 3.8) is 0 Å². The molecule has 106 valence electrons. The minimum atomic E-state index is 0.342. The topological polar surface area (TPSA) is 24.9 Å². The smallest absolute Gasteiger partial charge is 0.0270 e. The molecular formula is C17H28N2. The van der Waals surface area contributed by atoms with Gasteiger partial charge in [0.15, 0.2) is 0 Å². The Morgan fingerprint density at radius 2 is 1.95 bits per heavy atom. The molecule has 1 aromatic rings. The third-order valence-corrected chi connectivity index (χ3v) is 4.90. The van der Waals surface area contributed by atoms with E-state index >= 15 is 0 Å². The molecule has 0 aliphatic heterocycles. The van der Waals surface area contributed by atoms with Gasteiger partial charge in [0.25, 0.3) is 0 Å². The van der Waals surface area contributed by atoms with Gasteiger partial charge in [-0.1, -0.05) is 27.2 Å². The fourth-order valence-electron chi connectivity index (χ4n) is 3.79. The minimum Gasteiger partial charge on any atom is -0.317 e. The van der Waals surface area contributed by atoms with Crippen molar-refractivity contribution in [2.45, 2.75) is 52.5 Å². The summed E-state index contributed by atoms with van der Waals surface area (Å²) in [5.74, 6) is 1.63. The van der Waals surface area contributed by atoms with Crippen LogP contribution in [0, 0.1) is 17.3 Å². The van der Waals surface area contributed by atoms with Gasteiger partial charge in [0.2, 0.25) is 0 Å². The van der Waals surface area contributed by atoms with E-state index in [9.17, 15) is 0 Å². The molecule has 1 aliphatic carbocycles. The van der Waals surface area contributed by atoms with Crippen molar-refractivity contribution in [1.29, 1.82) is 0 Å². The van der Waals surface area contributed by atoms with Crippen LogP contribution in [-0.2, 0) is 6.42 Å². The van der Waals surface area contributed by atoms with Gasteiger partial charge in [0.1, 0.15) is 0 Å². The molecule has 1 aromatic heterocycles. The molecule has 1 saturated carbocycles. The molecule has 19 heavy (non-hydrogen) atoms. The Morgan fingerprint density at radius 3 is 2.58 bits per heavy atom. The van der Waals surface area contributed by atoms with Crippen LogP contribution in [0.4, 0.5) is 0 Å². The van der Waals surface area contributed by atoms with Gasteiger partial charge >= 0.3 is 0 Å². The molecule has 0 radical (unpaired) electrons. The van der Waals surface area contributed by atoms with Crippen LogP contribution in [0.15, 0.2) is 24.5 Å². The van der Waals surface area contributed by atoms with Crippen LogP contribution >= 0.6 is 0 Å². The number of pyridine rings is 1. The summed E-state index contributed by atoms with van der Waals surface area (Å²) in [6, 6.07) is 4.98. The van der Waals surface area contributed by atoms with Gasteiger partial charge in [-0.15, -0.1) is 0 Å². The van der Waals surface area contributed by atoms with Crippen LogP contribution in [0.1, 0.15) is 45.6 Å². The maximum Gasteiger partial charge on any atom is 0.0270 e. The summed E-state index contributed by atoms with van der Waals surface area (Å²) in [6.45, 7) is 7.24. The highest BCUT2D eigenvalue weighted by molar-refractivity contribution is 5.12. The predicted octanol–water partition coefficient (Wildman–Crippen LogP) is 3.67. The predicted molar refractivity (Wildman–Crippen MR) is 81.1 cm³/mol. The van der Waals surface area contributed by atoms with E-state index in [0.717, 1.165) is 18.3 Å². The lowest BCUT2D eigenvalue weighted by molar-refractivity contribution is 0.0980. The van der Waals surface area contributed by atoms with E-state index in [-0.39, 0.29) is 0 Å². The van der Waals surface area contributed by atoms with E-state index in [2.05, 4.69) is 50.3 Å². The van der Waals surface area contributed by atoms with Crippen molar-refractivity contribution in [2.24, 2.45) is 17.3 Å². The van der Waals surface area contributed by atoms with Crippen molar-refractivity contribution in [3.05, 3.63) is 30.1 Å². The Balaban J connectivity index is 2.09. The van der Waals surface area contributed by atoms with E-state index in [1.54, 1.807) is 0 Å². The van der Waals surface area contributed by atoms with Gasteiger partial charge in [0.05, 0.1) is 0 Å². The molecule has 3 atom stereocenters. The molecule has 3 unspecified atom stereocenters. The van der Waals surface area contributed by atoms with Gasteiger partial charge in [-0.25, -0.2) is 0 Å². The second-order valence-electron chi connectivity index (χ2n) is 6.94. The summed E-state index contributed by atoms with van der Waals surface area (Å²) in [5, 5.41) is 3.56. The number of aromatic nitrogens is 1. The highest BCUT2D eigenvalue weighted by Crippen LogP contribution is 2.42. The first kappa shape index (κ1) is 14.5.